The summed E-state index contributed by atoms with van der Waals surface area (Å²) in [5.74, 6) is -0.355. The summed E-state index contributed by atoms with van der Waals surface area (Å²) in [4.78, 5) is 0. The van der Waals surface area contributed by atoms with Gasteiger partial charge in [-0.2, -0.15) is 0 Å². The molecule has 0 saturated heterocycles. The van der Waals surface area contributed by atoms with E-state index in [1.165, 1.54) is 18.2 Å². The van der Waals surface area contributed by atoms with Crippen LogP contribution in [0.15, 0.2) is 36.4 Å². The Labute approximate surface area is 104 Å². The zero-order valence-corrected chi connectivity index (χ0v) is 9.85. The third-order valence-electron chi connectivity index (χ3n) is 2.59. The maximum atomic E-state index is 13.1. The minimum Gasteiger partial charge on any atom is -0.508 e. The van der Waals surface area contributed by atoms with Crippen molar-refractivity contribution >= 4 is 0 Å². The van der Waals surface area contributed by atoms with Gasteiger partial charge < -0.3 is 14.9 Å². The van der Waals surface area contributed by atoms with E-state index in [0.717, 1.165) is 18.1 Å². The van der Waals surface area contributed by atoms with Gasteiger partial charge in [0.05, 0.1) is 0 Å². The van der Waals surface area contributed by atoms with Crippen LogP contribution in [0.4, 0.5) is 4.39 Å². The topological polar surface area (TPSA) is 49.7 Å². The van der Waals surface area contributed by atoms with Crippen LogP contribution in [0.3, 0.4) is 0 Å². The van der Waals surface area contributed by atoms with E-state index in [1.807, 2.05) is 6.92 Å². The first-order valence-corrected chi connectivity index (χ1v) is 5.58. The number of halogens is 1. The van der Waals surface area contributed by atoms with Crippen LogP contribution < -0.4 is 4.74 Å². The Morgan fingerprint density at radius 1 is 1.00 bits per heavy atom. The summed E-state index contributed by atoms with van der Waals surface area (Å²) < 4.78 is 18.5. The fourth-order valence-electron chi connectivity index (χ4n) is 1.59. The number of rotatable bonds is 3. The lowest BCUT2D eigenvalue weighted by atomic mass is 10.1. The summed E-state index contributed by atoms with van der Waals surface area (Å²) >= 11 is 0. The van der Waals surface area contributed by atoms with Crippen molar-refractivity contribution in [3.63, 3.8) is 0 Å². The largest absolute Gasteiger partial charge is 0.508 e. The fraction of sp³-hybridized carbons (Fsp3) is 0.143. The smallest absolute Gasteiger partial charge is 0.168 e. The normalized spacial score (nSPS) is 10.3. The minimum absolute atomic E-state index is 0.147. The van der Waals surface area contributed by atoms with E-state index in [0.29, 0.717) is 5.75 Å². The molecular weight excluding hydrogens is 235 g/mol. The highest BCUT2D eigenvalue weighted by atomic mass is 19.1. The SMILES string of the molecule is CCc1ccc(Oc2ccc(O)c(F)c2)cc1O. The Kier molecular flexibility index (Phi) is 3.37. The van der Waals surface area contributed by atoms with Gasteiger partial charge in [-0.05, 0) is 30.2 Å². The molecule has 0 aromatic heterocycles. The van der Waals surface area contributed by atoms with Crippen LogP contribution in [-0.4, -0.2) is 10.2 Å². The zero-order chi connectivity index (χ0) is 13.1. The molecule has 0 spiro atoms. The van der Waals surface area contributed by atoms with Gasteiger partial charge in [-0.3, -0.25) is 0 Å². The third kappa shape index (κ3) is 2.53. The highest BCUT2D eigenvalue weighted by molar-refractivity contribution is 5.42. The molecule has 0 aliphatic heterocycles. The first-order valence-electron chi connectivity index (χ1n) is 5.58. The summed E-state index contributed by atoms with van der Waals surface area (Å²) in [6, 6.07) is 8.67. The number of aryl methyl sites for hydroxylation is 1. The standard InChI is InChI=1S/C14H13FO3/c1-2-9-3-4-11(8-14(9)17)18-10-5-6-13(16)12(15)7-10/h3-8,16-17H,2H2,1H3. The van der Waals surface area contributed by atoms with Gasteiger partial charge in [0.25, 0.3) is 0 Å². The molecule has 2 N–H and O–H groups in total. The summed E-state index contributed by atoms with van der Waals surface area (Å²) in [5.41, 5.74) is 0.819. The Morgan fingerprint density at radius 2 is 1.67 bits per heavy atom. The molecule has 0 bridgehead atoms. The summed E-state index contributed by atoms with van der Waals surface area (Å²) in [5, 5.41) is 18.7. The molecular formula is C14H13FO3. The number of hydrogen-bond donors (Lipinski definition) is 2. The number of phenolic OH excluding ortho intramolecular Hbond substituents is 2. The molecule has 0 aliphatic rings. The predicted octanol–water partition coefficient (Wildman–Crippen LogP) is 3.59. The van der Waals surface area contributed by atoms with Gasteiger partial charge in [0.1, 0.15) is 17.2 Å². The van der Waals surface area contributed by atoms with E-state index in [1.54, 1.807) is 12.1 Å². The fourth-order valence-corrected chi connectivity index (χ4v) is 1.59. The van der Waals surface area contributed by atoms with E-state index in [2.05, 4.69) is 0 Å². The molecule has 0 fully saturated rings. The highest BCUT2D eigenvalue weighted by Gasteiger charge is 2.05. The molecule has 0 radical (unpaired) electrons. The van der Waals surface area contributed by atoms with Gasteiger partial charge in [-0.25, -0.2) is 4.39 Å². The number of ether oxygens (including phenoxy) is 1. The van der Waals surface area contributed by atoms with Gasteiger partial charge in [0.2, 0.25) is 0 Å². The maximum absolute atomic E-state index is 13.1. The molecule has 0 unspecified atom stereocenters. The minimum atomic E-state index is -0.748. The number of phenols is 2. The molecule has 0 aliphatic carbocycles. The molecule has 94 valence electrons. The summed E-state index contributed by atoms with van der Waals surface area (Å²) in [6.45, 7) is 1.94. The summed E-state index contributed by atoms with van der Waals surface area (Å²) in [7, 11) is 0. The van der Waals surface area contributed by atoms with Crippen LogP contribution in [0.1, 0.15) is 12.5 Å². The third-order valence-corrected chi connectivity index (χ3v) is 2.59. The Hall–Kier alpha value is -2.23. The van der Waals surface area contributed by atoms with Crippen LogP contribution in [0.25, 0.3) is 0 Å². The van der Waals surface area contributed by atoms with E-state index >= 15 is 0 Å². The van der Waals surface area contributed by atoms with Crippen LogP contribution in [0, 0.1) is 5.82 Å². The Balaban J connectivity index is 2.23. The van der Waals surface area contributed by atoms with Crippen molar-refractivity contribution in [2.75, 3.05) is 0 Å². The molecule has 4 heteroatoms. The Morgan fingerprint density at radius 3 is 2.28 bits per heavy atom. The molecule has 2 aromatic carbocycles. The molecule has 3 nitrogen and oxygen atoms in total. The number of hydrogen-bond acceptors (Lipinski definition) is 3. The quantitative estimate of drug-likeness (QED) is 0.872. The van der Waals surface area contributed by atoms with E-state index in [9.17, 15) is 9.50 Å². The van der Waals surface area contributed by atoms with E-state index in [4.69, 9.17) is 9.84 Å². The lowest BCUT2D eigenvalue weighted by Crippen LogP contribution is -1.87. The molecule has 2 rings (SSSR count). The van der Waals surface area contributed by atoms with Crippen molar-refractivity contribution in [3.8, 4) is 23.0 Å². The average Bonchev–Trinajstić information content (AvgIpc) is 2.34. The van der Waals surface area contributed by atoms with Crippen molar-refractivity contribution in [1.29, 1.82) is 0 Å². The van der Waals surface area contributed by atoms with Crippen LogP contribution in [0.2, 0.25) is 0 Å². The second-order valence-electron chi connectivity index (χ2n) is 3.86. The van der Waals surface area contributed by atoms with Gasteiger partial charge in [0.15, 0.2) is 11.6 Å². The highest BCUT2D eigenvalue weighted by Crippen LogP contribution is 2.29. The monoisotopic (exact) mass is 248 g/mol. The number of aromatic hydroxyl groups is 2. The molecule has 18 heavy (non-hydrogen) atoms. The summed E-state index contributed by atoms with van der Waals surface area (Å²) in [6.07, 6.45) is 0.722. The molecule has 0 heterocycles. The maximum Gasteiger partial charge on any atom is 0.168 e. The van der Waals surface area contributed by atoms with Gasteiger partial charge in [-0.1, -0.05) is 13.0 Å². The molecule has 0 amide bonds. The van der Waals surface area contributed by atoms with Gasteiger partial charge >= 0.3 is 0 Å². The van der Waals surface area contributed by atoms with E-state index < -0.39 is 11.6 Å². The van der Waals surface area contributed by atoms with Crippen LogP contribution in [0.5, 0.6) is 23.0 Å². The second-order valence-corrected chi connectivity index (χ2v) is 3.86. The first-order chi connectivity index (χ1) is 8.60. The number of benzene rings is 2. The Bertz CT molecular complexity index is 567. The average molecular weight is 248 g/mol. The lowest BCUT2D eigenvalue weighted by Gasteiger charge is -2.08. The van der Waals surface area contributed by atoms with Crippen molar-refractivity contribution < 1.29 is 19.3 Å². The van der Waals surface area contributed by atoms with Crippen LogP contribution in [-0.2, 0) is 6.42 Å². The zero-order valence-electron chi connectivity index (χ0n) is 9.85. The van der Waals surface area contributed by atoms with Gasteiger partial charge in [-0.15, -0.1) is 0 Å². The second kappa shape index (κ2) is 4.96. The van der Waals surface area contributed by atoms with E-state index in [-0.39, 0.29) is 11.5 Å². The van der Waals surface area contributed by atoms with Crippen LogP contribution >= 0.6 is 0 Å². The molecule has 0 atom stereocenters. The first kappa shape index (κ1) is 12.2. The predicted molar refractivity (Wildman–Crippen MR) is 65.6 cm³/mol. The molecule has 2 aromatic rings. The van der Waals surface area contributed by atoms with Crippen molar-refractivity contribution in [3.05, 3.63) is 47.8 Å². The van der Waals surface area contributed by atoms with Gasteiger partial charge in [0, 0.05) is 12.1 Å². The van der Waals surface area contributed by atoms with Crippen molar-refractivity contribution in [2.24, 2.45) is 0 Å². The molecule has 0 saturated carbocycles. The van der Waals surface area contributed by atoms with Crippen molar-refractivity contribution in [1.82, 2.24) is 0 Å². The van der Waals surface area contributed by atoms with Crippen molar-refractivity contribution in [2.45, 2.75) is 13.3 Å². The lowest BCUT2D eigenvalue weighted by molar-refractivity contribution is 0.421.